The Bertz CT molecular complexity index is 493. The molecule has 0 aliphatic heterocycles. The van der Waals surface area contributed by atoms with Crippen LogP contribution in [-0.4, -0.2) is 22.7 Å². The van der Waals surface area contributed by atoms with E-state index >= 15 is 0 Å². The van der Waals surface area contributed by atoms with E-state index in [-0.39, 0.29) is 6.61 Å². The molecule has 0 fully saturated rings. The van der Waals surface area contributed by atoms with Crippen molar-refractivity contribution < 1.29 is 9.53 Å². The molecule has 76 valence electrons. The molecule has 0 spiro atoms. The van der Waals surface area contributed by atoms with Crippen LogP contribution >= 0.6 is 0 Å². The maximum absolute atomic E-state index is 10.6. The lowest BCUT2D eigenvalue weighted by atomic mass is 10.2. The highest BCUT2D eigenvalue weighted by Crippen LogP contribution is 2.20. The number of carbonyl (C=O) groups is 1. The summed E-state index contributed by atoms with van der Waals surface area (Å²) in [5, 5.41) is 9.29. The van der Waals surface area contributed by atoms with Gasteiger partial charge in [0, 0.05) is 10.8 Å². The Morgan fingerprint density at radius 3 is 3.00 bits per heavy atom. The average molecular weight is 203 g/mol. The van der Waals surface area contributed by atoms with Gasteiger partial charge in [0.25, 0.3) is 5.91 Å². The summed E-state index contributed by atoms with van der Waals surface area (Å²) in [4.78, 5) is 10.6. The van der Waals surface area contributed by atoms with E-state index in [1.807, 2.05) is 24.3 Å². The monoisotopic (exact) mass is 203 g/mol. The van der Waals surface area contributed by atoms with Gasteiger partial charge in [-0.05, 0) is 6.07 Å². The molecule has 0 bridgehead atoms. The highest BCUT2D eigenvalue weighted by molar-refractivity contribution is 5.86. The highest BCUT2D eigenvalue weighted by atomic mass is 16.5. The topological polar surface area (TPSA) is 78.1 Å². The third-order valence-electron chi connectivity index (χ3n) is 1.89. The smallest absolute Gasteiger partial charge is 0.255 e. The van der Waals surface area contributed by atoms with Crippen LogP contribution in [0.1, 0.15) is 0 Å². The van der Waals surface area contributed by atoms with Crippen LogP contribution in [0.3, 0.4) is 0 Å². The van der Waals surface area contributed by atoms with Crippen LogP contribution in [0.15, 0.2) is 30.5 Å². The normalized spacial score (nSPS) is 10.1. The van der Waals surface area contributed by atoms with Crippen LogP contribution in [0.25, 0.3) is 10.8 Å². The number of hydrogen-bond donors (Lipinski definition) is 1. The number of nitrogens with zero attached hydrogens (tertiary/aromatic N) is 2. The van der Waals surface area contributed by atoms with Crippen molar-refractivity contribution in [3.8, 4) is 5.88 Å². The molecule has 0 radical (unpaired) electrons. The lowest BCUT2D eigenvalue weighted by molar-refractivity contribution is -0.120. The standard InChI is InChI=1S/C10H9N3O2/c11-9(14)6-15-10-8-4-2-1-3-7(8)5-12-13-10/h1-5H,6H2,(H2,11,14). The minimum atomic E-state index is -0.537. The molecule has 0 aliphatic carbocycles. The summed E-state index contributed by atoms with van der Waals surface area (Å²) >= 11 is 0. The number of amides is 1. The Labute approximate surface area is 85.9 Å². The van der Waals surface area contributed by atoms with Gasteiger partial charge in [-0.3, -0.25) is 4.79 Å². The molecule has 0 unspecified atom stereocenters. The molecule has 2 aromatic rings. The van der Waals surface area contributed by atoms with E-state index in [0.717, 1.165) is 10.8 Å². The molecule has 1 heterocycles. The highest BCUT2D eigenvalue weighted by Gasteiger charge is 2.04. The molecule has 1 aromatic heterocycles. The fourth-order valence-electron chi connectivity index (χ4n) is 1.25. The lowest BCUT2D eigenvalue weighted by Crippen LogP contribution is -2.20. The Morgan fingerprint density at radius 1 is 1.40 bits per heavy atom. The van der Waals surface area contributed by atoms with E-state index in [4.69, 9.17) is 10.5 Å². The van der Waals surface area contributed by atoms with Crippen molar-refractivity contribution in [3.05, 3.63) is 30.5 Å². The second kappa shape index (κ2) is 3.91. The summed E-state index contributed by atoms with van der Waals surface area (Å²) in [6.07, 6.45) is 1.63. The van der Waals surface area contributed by atoms with E-state index in [0.29, 0.717) is 5.88 Å². The van der Waals surface area contributed by atoms with Gasteiger partial charge in [0.15, 0.2) is 6.61 Å². The molecule has 5 heteroatoms. The van der Waals surface area contributed by atoms with Crippen molar-refractivity contribution in [2.24, 2.45) is 5.73 Å². The zero-order valence-corrected chi connectivity index (χ0v) is 7.88. The Hall–Kier alpha value is -2.17. The van der Waals surface area contributed by atoms with Gasteiger partial charge in [0.2, 0.25) is 5.88 Å². The number of rotatable bonds is 3. The second-order valence-corrected chi connectivity index (χ2v) is 2.99. The lowest BCUT2D eigenvalue weighted by Gasteiger charge is -2.04. The molecule has 0 aliphatic rings. The number of hydrogen-bond acceptors (Lipinski definition) is 4. The molecule has 15 heavy (non-hydrogen) atoms. The first kappa shape index (κ1) is 9.39. The van der Waals surface area contributed by atoms with Gasteiger partial charge in [-0.15, -0.1) is 5.10 Å². The summed E-state index contributed by atoms with van der Waals surface area (Å²) in [6.45, 7) is -0.192. The van der Waals surface area contributed by atoms with Crippen LogP contribution in [0.2, 0.25) is 0 Å². The maximum atomic E-state index is 10.6. The van der Waals surface area contributed by atoms with E-state index in [1.165, 1.54) is 0 Å². The van der Waals surface area contributed by atoms with Gasteiger partial charge in [-0.1, -0.05) is 18.2 Å². The largest absolute Gasteiger partial charge is 0.466 e. The Balaban J connectivity index is 2.38. The number of ether oxygens (including phenoxy) is 1. The van der Waals surface area contributed by atoms with Crippen molar-refractivity contribution in [2.75, 3.05) is 6.61 Å². The SMILES string of the molecule is NC(=O)COc1nncc2ccccc12. The molecule has 0 saturated heterocycles. The van der Waals surface area contributed by atoms with E-state index in [9.17, 15) is 4.79 Å². The Morgan fingerprint density at radius 2 is 2.20 bits per heavy atom. The van der Waals surface area contributed by atoms with Crippen LogP contribution in [-0.2, 0) is 4.79 Å². The van der Waals surface area contributed by atoms with Gasteiger partial charge < -0.3 is 10.5 Å². The summed E-state index contributed by atoms with van der Waals surface area (Å²) in [5.41, 5.74) is 4.97. The number of carbonyl (C=O) groups excluding carboxylic acids is 1. The quantitative estimate of drug-likeness (QED) is 0.787. The fourth-order valence-corrected chi connectivity index (χ4v) is 1.25. The van der Waals surface area contributed by atoms with Crippen molar-refractivity contribution in [1.29, 1.82) is 0 Å². The third-order valence-corrected chi connectivity index (χ3v) is 1.89. The van der Waals surface area contributed by atoms with Crippen molar-refractivity contribution >= 4 is 16.7 Å². The molecule has 5 nitrogen and oxygen atoms in total. The molecule has 1 amide bonds. The van der Waals surface area contributed by atoms with Gasteiger partial charge in [-0.2, -0.15) is 5.10 Å². The number of primary amides is 1. The molecular weight excluding hydrogens is 194 g/mol. The number of aromatic nitrogens is 2. The summed E-state index contributed by atoms with van der Waals surface area (Å²) in [6, 6.07) is 7.49. The minimum absolute atomic E-state index is 0.192. The zero-order valence-electron chi connectivity index (χ0n) is 7.88. The molecule has 0 atom stereocenters. The van der Waals surface area contributed by atoms with E-state index < -0.39 is 5.91 Å². The van der Waals surface area contributed by atoms with Gasteiger partial charge in [0.05, 0.1) is 6.20 Å². The van der Waals surface area contributed by atoms with Gasteiger partial charge >= 0.3 is 0 Å². The zero-order chi connectivity index (χ0) is 10.7. The van der Waals surface area contributed by atoms with Gasteiger partial charge in [-0.25, -0.2) is 0 Å². The first-order valence-electron chi connectivity index (χ1n) is 4.39. The Kier molecular flexibility index (Phi) is 2.45. The van der Waals surface area contributed by atoms with E-state index in [1.54, 1.807) is 6.20 Å². The molecule has 1 aromatic carbocycles. The average Bonchev–Trinajstić information content (AvgIpc) is 2.26. The van der Waals surface area contributed by atoms with Crippen molar-refractivity contribution in [3.63, 3.8) is 0 Å². The predicted octanol–water partition coefficient (Wildman–Crippen LogP) is 0.494. The van der Waals surface area contributed by atoms with Crippen LogP contribution < -0.4 is 10.5 Å². The maximum Gasteiger partial charge on any atom is 0.255 e. The number of nitrogens with two attached hydrogens (primary N) is 1. The van der Waals surface area contributed by atoms with Crippen molar-refractivity contribution in [2.45, 2.75) is 0 Å². The summed E-state index contributed by atoms with van der Waals surface area (Å²) in [7, 11) is 0. The molecule has 0 saturated carbocycles. The fraction of sp³-hybridized carbons (Fsp3) is 0.100. The third kappa shape index (κ3) is 2.01. The van der Waals surface area contributed by atoms with Crippen molar-refractivity contribution in [1.82, 2.24) is 10.2 Å². The molecule has 2 rings (SSSR count). The van der Waals surface area contributed by atoms with Crippen LogP contribution in [0, 0.1) is 0 Å². The van der Waals surface area contributed by atoms with E-state index in [2.05, 4.69) is 10.2 Å². The summed E-state index contributed by atoms with van der Waals surface area (Å²) < 4.78 is 5.13. The summed E-state index contributed by atoms with van der Waals surface area (Å²) in [5.74, 6) is -0.211. The molecule has 2 N–H and O–H groups in total. The number of benzene rings is 1. The van der Waals surface area contributed by atoms with Gasteiger partial charge in [0.1, 0.15) is 0 Å². The number of fused-ring (bicyclic) bond motifs is 1. The first-order valence-corrected chi connectivity index (χ1v) is 4.39. The predicted molar refractivity (Wildman–Crippen MR) is 54.2 cm³/mol. The second-order valence-electron chi connectivity index (χ2n) is 2.99. The molecular formula is C10H9N3O2. The van der Waals surface area contributed by atoms with Crippen LogP contribution in [0.4, 0.5) is 0 Å². The van der Waals surface area contributed by atoms with Crippen LogP contribution in [0.5, 0.6) is 5.88 Å². The first-order chi connectivity index (χ1) is 7.27. The minimum Gasteiger partial charge on any atom is -0.466 e.